The van der Waals surface area contributed by atoms with Crippen molar-refractivity contribution in [3.05, 3.63) is 40.1 Å². The Balaban J connectivity index is 1.46. The number of aromatic nitrogens is 2. The van der Waals surface area contributed by atoms with Crippen LogP contribution in [0.1, 0.15) is 35.0 Å². The van der Waals surface area contributed by atoms with Gasteiger partial charge in [-0.15, -0.1) is 11.3 Å². The monoisotopic (exact) mass is 374 g/mol. The highest BCUT2D eigenvalue weighted by atomic mass is 32.1. The van der Waals surface area contributed by atoms with E-state index < -0.39 is 0 Å². The summed E-state index contributed by atoms with van der Waals surface area (Å²) < 4.78 is 7.49. The first-order chi connectivity index (χ1) is 12.7. The maximum Gasteiger partial charge on any atom is 0.230 e. The van der Waals surface area contributed by atoms with Gasteiger partial charge in [-0.1, -0.05) is 6.07 Å². The van der Waals surface area contributed by atoms with Crippen molar-refractivity contribution in [2.45, 2.75) is 31.8 Å². The zero-order valence-electron chi connectivity index (χ0n) is 15.2. The van der Waals surface area contributed by atoms with Crippen molar-refractivity contribution >= 4 is 17.2 Å². The summed E-state index contributed by atoms with van der Waals surface area (Å²) in [6.07, 6.45) is 4.06. The van der Waals surface area contributed by atoms with Gasteiger partial charge in [-0.25, -0.2) is 4.98 Å². The molecule has 26 heavy (non-hydrogen) atoms. The number of carbonyl (C=O) groups is 1. The number of thiophene rings is 1. The molecule has 0 aromatic carbocycles. The van der Waals surface area contributed by atoms with Gasteiger partial charge in [-0.2, -0.15) is 0 Å². The third-order valence-electron chi connectivity index (χ3n) is 5.40. The average Bonchev–Trinajstić information content (AvgIpc) is 3.30. The van der Waals surface area contributed by atoms with Gasteiger partial charge in [0.15, 0.2) is 0 Å². The van der Waals surface area contributed by atoms with E-state index in [9.17, 15) is 4.79 Å². The largest absolute Gasteiger partial charge is 0.381 e. The van der Waals surface area contributed by atoms with Crippen LogP contribution < -0.4 is 5.32 Å². The highest BCUT2D eigenvalue weighted by molar-refractivity contribution is 7.09. The Labute approximate surface area is 158 Å². The predicted octanol–water partition coefficient (Wildman–Crippen LogP) is 2.12. The van der Waals surface area contributed by atoms with Crippen LogP contribution in [0.25, 0.3) is 0 Å². The van der Waals surface area contributed by atoms with E-state index in [0.717, 1.165) is 57.1 Å². The minimum Gasteiger partial charge on any atom is -0.381 e. The number of hydrogen-bond donors (Lipinski definition) is 1. The zero-order valence-corrected chi connectivity index (χ0v) is 16.0. The van der Waals surface area contributed by atoms with Gasteiger partial charge < -0.3 is 14.6 Å². The number of nitrogens with zero attached hydrogens (tertiary/aromatic N) is 3. The third-order valence-corrected chi connectivity index (χ3v) is 6.27. The number of hydrogen-bond acceptors (Lipinski definition) is 5. The van der Waals surface area contributed by atoms with E-state index in [1.807, 2.05) is 29.4 Å². The van der Waals surface area contributed by atoms with Crippen LogP contribution in [0.4, 0.5) is 0 Å². The number of carbonyl (C=O) groups excluding carboxylic acids is 1. The van der Waals surface area contributed by atoms with Crippen LogP contribution in [0, 0.1) is 5.92 Å². The molecule has 0 aliphatic carbocycles. The summed E-state index contributed by atoms with van der Waals surface area (Å²) in [5.41, 5.74) is 2.11. The smallest absolute Gasteiger partial charge is 0.230 e. The van der Waals surface area contributed by atoms with E-state index >= 15 is 0 Å². The summed E-state index contributed by atoms with van der Waals surface area (Å²) in [5.74, 6) is 0.592. The van der Waals surface area contributed by atoms with Crippen LogP contribution in [0.5, 0.6) is 0 Å². The Bertz CT molecular complexity index is 737. The van der Waals surface area contributed by atoms with E-state index in [-0.39, 0.29) is 11.8 Å². The second kappa shape index (κ2) is 7.90. The fourth-order valence-corrected chi connectivity index (χ4v) is 4.67. The molecular formula is C19H26N4O2S. The highest BCUT2D eigenvalue weighted by Gasteiger charge is 2.34. The van der Waals surface area contributed by atoms with Crippen molar-refractivity contribution in [2.75, 3.05) is 26.3 Å². The van der Waals surface area contributed by atoms with E-state index in [4.69, 9.17) is 4.74 Å². The first kappa shape index (κ1) is 17.7. The molecule has 0 bridgehead atoms. The van der Waals surface area contributed by atoms with Gasteiger partial charge in [0.2, 0.25) is 5.91 Å². The number of amides is 1. The zero-order chi connectivity index (χ0) is 17.9. The van der Waals surface area contributed by atoms with Gasteiger partial charge >= 0.3 is 0 Å². The quantitative estimate of drug-likeness (QED) is 0.871. The van der Waals surface area contributed by atoms with Crippen LogP contribution >= 0.6 is 11.3 Å². The Hall–Kier alpha value is -1.70. The minimum absolute atomic E-state index is 0.0972. The Morgan fingerprint density at radius 2 is 2.27 bits per heavy atom. The molecule has 0 unspecified atom stereocenters. The molecule has 140 valence electrons. The molecule has 1 N–H and O–H groups in total. The van der Waals surface area contributed by atoms with Gasteiger partial charge in [0.05, 0.1) is 30.2 Å². The van der Waals surface area contributed by atoms with Crippen LogP contribution in [0.15, 0.2) is 23.8 Å². The lowest BCUT2D eigenvalue weighted by Gasteiger charge is -2.35. The number of fused-ring (bicyclic) bond motifs is 1. The lowest BCUT2D eigenvalue weighted by molar-refractivity contribution is -0.123. The van der Waals surface area contributed by atoms with Crippen LogP contribution in [0.3, 0.4) is 0 Å². The molecule has 1 saturated heterocycles. The molecule has 1 amide bonds. The number of nitrogens with one attached hydrogen (secondary N) is 1. The standard InChI is InChI=1S/C19H26N4O2S/c1-22-13-21-17-12-23(10-14-4-6-25-7-5-14)11-16(18(17)22)19(24)20-9-15-3-2-8-26-15/h2-3,8,13-14,16H,4-7,9-12H2,1H3,(H,20,24)/t16-/m1/s1. The van der Waals surface area contributed by atoms with Gasteiger partial charge in [0.1, 0.15) is 0 Å². The summed E-state index contributed by atoms with van der Waals surface area (Å²) in [7, 11) is 1.99. The lowest BCUT2D eigenvalue weighted by Crippen LogP contribution is -2.44. The summed E-state index contributed by atoms with van der Waals surface area (Å²) >= 11 is 1.67. The minimum atomic E-state index is -0.161. The normalized spacial score (nSPS) is 21.5. The van der Waals surface area contributed by atoms with E-state index in [0.29, 0.717) is 12.5 Å². The summed E-state index contributed by atoms with van der Waals surface area (Å²) in [4.78, 5) is 21.1. The molecule has 4 rings (SSSR count). The topological polar surface area (TPSA) is 59.4 Å². The summed E-state index contributed by atoms with van der Waals surface area (Å²) in [6.45, 7) is 4.94. The predicted molar refractivity (Wildman–Crippen MR) is 101 cm³/mol. The lowest BCUT2D eigenvalue weighted by atomic mass is 9.94. The number of rotatable bonds is 5. The molecule has 2 aromatic heterocycles. The maximum atomic E-state index is 12.9. The first-order valence-electron chi connectivity index (χ1n) is 9.31. The molecule has 1 fully saturated rings. The molecule has 2 aromatic rings. The fourth-order valence-electron chi connectivity index (χ4n) is 4.03. The molecule has 4 heterocycles. The van der Waals surface area contributed by atoms with Crippen LogP contribution in [0.2, 0.25) is 0 Å². The van der Waals surface area contributed by atoms with Crippen molar-refractivity contribution in [2.24, 2.45) is 13.0 Å². The van der Waals surface area contributed by atoms with Crippen molar-refractivity contribution in [1.29, 1.82) is 0 Å². The second-order valence-electron chi connectivity index (χ2n) is 7.29. The number of imidazole rings is 1. The SMILES string of the molecule is Cn1cnc2c1[C@H](C(=O)NCc1cccs1)CN(CC1CCOCC1)C2. The van der Waals surface area contributed by atoms with Crippen molar-refractivity contribution < 1.29 is 9.53 Å². The summed E-state index contributed by atoms with van der Waals surface area (Å²) in [6, 6.07) is 4.07. The maximum absolute atomic E-state index is 12.9. The Kier molecular flexibility index (Phi) is 5.38. The Morgan fingerprint density at radius 1 is 1.42 bits per heavy atom. The van der Waals surface area contributed by atoms with Crippen LogP contribution in [-0.4, -0.2) is 46.7 Å². The van der Waals surface area contributed by atoms with Crippen LogP contribution in [-0.2, 0) is 29.7 Å². The van der Waals surface area contributed by atoms with Gasteiger partial charge in [-0.3, -0.25) is 9.69 Å². The first-order valence-corrected chi connectivity index (χ1v) is 10.2. The van der Waals surface area contributed by atoms with E-state index in [1.165, 1.54) is 4.88 Å². The molecular weight excluding hydrogens is 348 g/mol. The second-order valence-corrected chi connectivity index (χ2v) is 8.32. The molecule has 0 spiro atoms. The fraction of sp³-hybridized carbons (Fsp3) is 0.579. The molecule has 1 atom stereocenters. The van der Waals surface area contributed by atoms with Gasteiger partial charge in [-0.05, 0) is 30.2 Å². The molecule has 2 aliphatic heterocycles. The average molecular weight is 375 g/mol. The number of ether oxygens (including phenoxy) is 1. The molecule has 7 heteroatoms. The van der Waals surface area contributed by atoms with E-state index in [2.05, 4.69) is 21.3 Å². The molecule has 6 nitrogen and oxygen atoms in total. The van der Waals surface area contributed by atoms with Crippen molar-refractivity contribution in [1.82, 2.24) is 19.8 Å². The van der Waals surface area contributed by atoms with Gasteiger partial charge in [0, 0.05) is 44.8 Å². The van der Waals surface area contributed by atoms with E-state index in [1.54, 1.807) is 11.3 Å². The molecule has 0 radical (unpaired) electrons. The molecule has 0 saturated carbocycles. The summed E-state index contributed by atoms with van der Waals surface area (Å²) in [5, 5.41) is 5.16. The number of aryl methyl sites for hydroxylation is 1. The third kappa shape index (κ3) is 3.84. The van der Waals surface area contributed by atoms with Crippen molar-refractivity contribution in [3.63, 3.8) is 0 Å². The highest BCUT2D eigenvalue weighted by Crippen LogP contribution is 2.29. The molecule has 2 aliphatic rings. The van der Waals surface area contributed by atoms with Crippen molar-refractivity contribution in [3.8, 4) is 0 Å². The Morgan fingerprint density at radius 3 is 3.04 bits per heavy atom. The van der Waals surface area contributed by atoms with Gasteiger partial charge in [0.25, 0.3) is 0 Å².